The third-order valence-corrected chi connectivity index (χ3v) is 4.81. The predicted molar refractivity (Wildman–Crippen MR) is 97.7 cm³/mol. The number of piperidine rings is 1. The van der Waals surface area contributed by atoms with Crippen LogP contribution in [0.4, 0.5) is 5.82 Å². The predicted octanol–water partition coefficient (Wildman–Crippen LogP) is 2.47. The van der Waals surface area contributed by atoms with Crippen LogP contribution in [0, 0.1) is 5.92 Å². The van der Waals surface area contributed by atoms with E-state index in [9.17, 15) is 4.79 Å². The van der Waals surface area contributed by atoms with Crippen LogP contribution in [0.25, 0.3) is 11.0 Å². The lowest BCUT2D eigenvalue weighted by atomic mass is 9.97. The van der Waals surface area contributed by atoms with E-state index in [0.29, 0.717) is 17.3 Å². The molecule has 1 amide bonds. The lowest BCUT2D eigenvalue weighted by Gasteiger charge is -2.21. The van der Waals surface area contributed by atoms with Crippen molar-refractivity contribution in [3.05, 3.63) is 12.1 Å². The molecule has 2 aromatic heterocycles. The Morgan fingerprint density at radius 2 is 2.08 bits per heavy atom. The lowest BCUT2D eigenvalue weighted by Crippen LogP contribution is -2.34. The summed E-state index contributed by atoms with van der Waals surface area (Å²) in [5.41, 5.74) is 0.712. The fraction of sp³-hybridized carbons (Fsp3) is 0.611. The topological polar surface area (TPSA) is 81.1 Å². The van der Waals surface area contributed by atoms with Gasteiger partial charge in [0.15, 0.2) is 11.5 Å². The number of fused-ring (bicyclic) bond motifs is 1. The van der Waals surface area contributed by atoms with Gasteiger partial charge >= 0.3 is 0 Å². The number of pyridine rings is 1. The summed E-state index contributed by atoms with van der Waals surface area (Å²) in [6, 6.07) is 3.77. The highest BCUT2D eigenvalue weighted by Crippen LogP contribution is 2.25. The minimum Gasteiger partial charge on any atom is -0.474 e. The van der Waals surface area contributed by atoms with Gasteiger partial charge in [-0.15, -0.1) is 0 Å². The van der Waals surface area contributed by atoms with Gasteiger partial charge < -0.3 is 15.4 Å². The SMILES string of the molecule is CCC(CC)Oc1ccc2c(NC(=O)C3CCNCC3)nn(C)c2n1. The van der Waals surface area contributed by atoms with Gasteiger partial charge in [-0.25, -0.2) is 4.68 Å². The van der Waals surface area contributed by atoms with E-state index in [0.717, 1.165) is 44.2 Å². The Bertz CT molecular complexity index is 732. The van der Waals surface area contributed by atoms with Gasteiger partial charge in [0.1, 0.15) is 0 Å². The van der Waals surface area contributed by atoms with E-state index in [4.69, 9.17) is 4.74 Å². The van der Waals surface area contributed by atoms with Gasteiger partial charge in [-0.2, -0.15) is 10.1 Å². The number of ether oxygens (including phenoxy) is 1. The van der Waals surface area contributed by atoms with Gasteiger partial charge in [0.2, 0.25) is 11.8 Å². The van der Waals surface area contributed by atoms with E-state index in [1.807, 2.05) is 19.2 Å². The van der Waals surface area contributed by atoms with Crippen molar-refractivity contribution in [2.75, 3.05) is 18.4 Å². The minimum atomic E-state index is 0.0406. The maximum Gasteiger partial charge on any atom is 0.228 e. The monoisotopic (exact) mass is 345 g/mol. The van der Waals surface area contributed by atoms with Gasteiger partial charge in [0.25, 0.3) is 0 Å². The molecule has 2 N–H and O–H groups in total. The van der Waals surface area contributed by atoms with E-state index in [-0.39, 0.29) is 17.9 Å². The van der Waals surface area contributed by atoms with Gasteiger partial charge in [0.05, 0.1) is 11.5 Å². The van der Waals surface area contributed by atoms with E-state index in [2.05, 4.69) is 34.6 Å². The second kappa shape index (κ2) is 7.82. The molecule has 1 aliphatic heterocycles. The summed E-state index contributed by atoms with van der Waals surface area (Å²) in [4.78, 5) is 17.0. The summed E-state index contributed by atoms with van der Waals surface area (Å²) < 4.78 is 7.60. The van der Waals surface area contributed by atoms with Crippen LogP contribution >= 0.6 is 0 Å². The second-order valence-corrected chi connectivity index (χ2v) is 6.56. The molecule has 25 heavy (non-hydrogen) atoms. The van der Waals surface area contributed by atoms with E-state index in [1.165, 1.54) is 0 Å². The molecule has 3 heterocycles. The molecule has 0 saturated carbocycles. The molecule has 0 spiro atoms. The molecule has 0 radical (unpaired) electrons. The van der Waals surface area contributed by atoms with Gasteiger partial charge in [-0.05, 0) is 44.8 Å². The first-order valence-electron chi connectivity index (χ1n) is 9.14. The highest BCUT2D eigenvalue weighted by molar-refractivity contribution is 5.99. The Labute approximate surface area is 148 Å². The lowest BCUT2D eigenvalue weighted by molar-refractivity contribution is -0.120. The molecule has 1 aliphatic rings. The molecule has 3 rings (SSSR count). The number of aryl methyl sites for hydroxylation is 1. The molecule has 2 aromatic rings. The first-order chi connectivity index (χ1) is 12.1. The number of amides is 1. The molecule has 7 heteroatoms. The number of hydrogen-bond donors (Lipinski definition) is 2. The molecule has 0 aliphatic carbocycles. The van der Waals surface area contributed by atoms with Crippen LogP contribution in [-0.2, 0) is 11.8 Å². The summed E-state index contributed by atoms with van der Waals surface area (Å²) >= 11 is 0. The summed E-state index contributed by atoms with van der Waals surface area (Å²) in [7, 11) is 1.83. The van der Waals surface area contributed by atoms with E-state index >= 15 is 0 Å². The van der Waals surface area contributed by atoms with Crippen molar-refractivity contribution in [2.45, 2.75) is 45.6 Å². The average molecular weight is 345 g/mol. The largest absolute Gasteiger partial charge is 0.474 e. The quantitative estimate of drug-likeness (QED) is 0.841. The first-order valence-corrected chi connectivity index (χ1v) is 9.14. The maximum absolute atomic E-state index is 12.5. The highest BCUT2D eigenvalue weighted by Gasteiger charge is 2.23. The number of carbonyl (C=O) groups excluding carboxylic acids is 1. The first kappa shape index (κ1) is 17.7. The number of anilines is 1. The molecule has 0 atom stereocenters. The number of nitrogens with zero attached hydrogens (tertiary/aromatic N) is 3. The smallest absolute Gasteiger partial charge is 0.228 e. The molecule has 0 aromatic carbocycles. The summed E-state index contributed by atoms with van der Waals surface area (Å²) in [6.07, 6.45) is 3.78. The molecule has 136 valence electrons. The number of hydrogen-bond acceptors (Lipinski definition) is 5. The zero-order valence-electron chi connectivity index (χ0n) is 15.2. The molecule has 7 nitrogen and oxygen atoms in total. The third kappa shape index (κ3) is 3.92. The fourth-order valence-electron chi connectivity index (χ4n) is 3.20. The van der Waals surface area contributed by atoms with Crippen LogP contribution in [0.15, 0.2) is 12.1 Å². The fourth-order valence-corrected chi connectivity index (χ4v) is 3.20. The van der Waals surface area contributed by atoms with Gasteiger partial charge in [-0.3, -0.25) is 4.79 Å². The van der Waals surface area contributed by atoms with E-state index < -0.39 is 0 Å². The molecule has 1 saturated heterocycles. The number of nitrogens with one attached hydrogen (secondary N) is 2. The Morgan fingerprint density at radius 3 is 2.76 bits per heavy atom. The van der Waals surface area contributed by atoms with Crippen molar-refractivity contribution < 1.29 is 9.53 Å². The molecular formula is C18H27N5O2. The van der Waals surface area contributed by atoms with Crippen LogP contribution in [0.5, 0.6) is 5.88 Å². The maximum atomic E-state index is 12.5. The second-order valence-electron chi connectivity index (χ2n) is 6.56. The molecule has 1 fully saturated rings. The average Bonchev–Trinajstić information content (AvgIpc) is 2.95. The molecule has 0 unspecified atom stereocenters. The Balaban J connectivity index is 1.79. The number of rotatable bonds is 6. The highest BCUT2D eigenvalue weighted by atomic mass is 16.5. The van der Waals surface area contributed by atoms with Gasteiger partial charge in [0, 0.05) is 19.0 Å². The van der Waals surface area contributed by atoms with Crippen molar-refractivity contribution in [3.63, 3.8) is 0 Å². The van der Waals surface area contributed by atoms with Crippen molar-refractivity contribution in [2.24, 2.45) is 13.0 Å². The zero-order valence-corrected chi connectivity index (χ0v) is 15.2. The van der Waals surface area contributed by atoms with Crippen molar-refractivity contribution >= 4 is 22.8 Å². The summed E-state index contributed by atoms with van der Waals surface area (Å²) in [5, 5.41) is 11.5. The zero-order chi connectivity index (χ0) is 17.8. The van der Waals surface area contributed by atoms with Crippen molar-refractivity contribution in [3.8, 4) is 5.88 Å². The minimum absolute atomic E-state index is 0.0406. The van der Waals surface area contributed by atoms with Crippen molar-refractivity contribution in [1.29, 1.82) is 0 Å². The normalized spacial score (nSPS) is 15.7. The van der Waals surface area contributed by atoms with Crippen molar-refractivity contribution in [1.82, 2.24) is 20.1 Å². The van der Waals surface area contributed by atoms with E-state index in [1.54, 1.807) is 4.68 Å². The third-order valence-electron chi connectivity index (χ3n) is 4.81. The number of carbonyl (C=O) groups is 1. The Morgan fingerprint density at radius 1 is 1.36 bits per heavy atom. The summed E-state index contributed by atoms with van der Waals surface area (Å²) in [5.74, 6) is 1.26. The van der Waals surface area contributed by atoms with Crippen LogP contribution in [0.2, 0.25) is 0 Å². The summed E-state index contributed by atoms with van der Waals surface area (Å²) in [6.45, 7) is 5.98. The van der Waals surface area contributed by atoms with Crippen LogP contribution in [0.3, 0.4) is 0 Å². The molecular weight excluding hydrogens is 318 g/mol. The van der Waals surface area contributed by atoms with Crippen LogP contribution in [0.1, 0.15) is 39.5 Å². The standard InChI is InChI=1S/C18H27N5O2/c1-4-13(5-2)25-15-7-6-14-16(22-23(3)17(14)20-15)21-18(24)12-8-10-19-11-9-12/h6-7,12-13,19H,4-5,8-11H2,1-3H3,(H,21,22,24). The number of aromatic nitrogens is 3. The molecule has 0 bridgehead atoms. The Hall–Kier alpha value is -2.15. The van der Waals surface area contributed by atoms with Gasteiger partial charge in [-0.1, -0.05) is 13.8 Å². The van der Waals surface area contributed by atoms with Crippen LogP contribution in [-0.4, -0.2) is 39.9 Å². The Kier molecular flexibility index (Phi) is 5.53. The van der Waals surface area contributed by atoms with Crippen LogP contribution < -0.4 is 15.4 Å².